The van der Waals surface area contributed by atoms with Crippen molar-refractivity contribution >= 4 is 22.8 Å². The first-order chi connectivity index (χ1) is 17.4. The number of aryl methyl sites for hydroxylation is 1. The molecule has 0 fully saturated rings. The molecule has 5 rings (SSSR count). The Morgan fingerprint density at radius 2 is 1.97 bits per heavy atom. The molecule has 1 aliphatic rings. The maximum Gasteiger partial charge on any atom is 0.327 e. The number of nitrogens with zero attached hydrogens (tertiary/aromatic N) is 5. The number of hydrogen-bond acceptors (Lipinski definition) is 9. The van der Waals surface area contributed by atoms with Gasteiger partial charge in [-0.3, -0.25) is 10.4 Å². The molecule has 0 spiro atoms. The summed E-state index contributed by atoms with van der Waals surface area (Å²) in [5.41, 5.74) is 8.02. The zero-order chi connectivity index (χ0) is 25.2. The zero-order valence-electron chi connectivity index (χ0n) is 20.2. The fourth-order valence-electron chi connectivity index (χ4n) is 3.87. The Balaban J connectivity index is 1.52. The number of ether oxygens (including phenoxy) is 3. The molecule has 0 radical (unpaired) electrons. The summed E-state index contributed by atoms with van der Waals surface area (Å²) in [6.45, 7) is 5.77. The van der Waals surface area contributed by atoms with Gasteiger partial charge in [-0.05, 0) is 44.2 Å². The molecule has 2 aromatic heterocycles. The van der Waals surface area contributed by atoms with E-state index >= 15 is 0 Å². The first kappa shape index (κ1) is 23.1. The average Bonchev–Trinajstić information content (AvgIpc) is 3.45. The third-order valence-corrected chi connectivity index (χ3v) is 5.53. The largest absolute Gasteiger partial charge is 0.490 e. The number of hydrogen-bond donors (Lipinski definition) is 3. The summed E-state index contributed by atoms with van der Waals surface area (Å²) in [6, 6.07) is 12.7. The highest BCUT2D eigenvalue weighted by Crippen LogP contribution is 2.35. The van der Waals surface area contributed by atoms with E-state index in [0.717, 1.165) is 24.5 Å². The molecule has 0 bridgehead atoms. The second-order valence-electron chi connectivity index (χ2n) is 8.20. The van der Waals surface area contributed by atoms with Crippen LogP contribution in [0.1, 0.15) is 23.9 Å². The van der Waals surface area contributed by atoms with E-state index in [1.165, 1.54) is 0 Å². The van der Waals surface area contributed by atoms with Gasteiger partial charge in [-0.2, -0.15) is 9.97 Å². The SMILES string of the molecule is CCOc1ccc(C(=N)N)cc1Oc1nc(Oc2cccc(C3=NCCN3C)c2)nc2[nH]c(C)nc12. The number of nitrogen functional groups attached to an aromatic ring is 1. The summed E-state index contributed by atoms with van der Waals surface area (Å²) in [5.74, 6) is 3.04. The summed E-state index contributed by atoms with van der Waals surface area (Å²) in [6.07, 6.45) is 0. The van der Waals surface area contributed by atoms with Crippen molar-refractivity contribution in [3.8, 4) is 29.1 Å². The number of aromatic amines is 1. The van der Waals surface area contributed by atoms with Crippen LogP contribution >= 0.6 is 0 Å². The number of aliphatic imine (C=N–C) groups is 1. The molecule has 11 heteroatoms. The van der Waals surface area contributed by atoms with Crippen molar-refractivity contribution < 1.29 is 14.2 Å². The second kappa shape index (κ2) is 9.53. The lowest BCUT2D eigenvalue weighted by Gasteiger charge is -2.15. The number of H-pyrrole nitrogens is 1. The van der Waals surface area contributed by atoms with Crippen LogP contribution in [0.4, 0.5) is 0 Å². The van der Waals surface area contributed by atoms with E-state index in [1.807, 2.05) is 45.2 Å². The van der Waals surface area contributed by atoms with Crippen LogP contribution in [-0.4, -0.2) is 63.3 Å². The number of likely N-dealkylation sites (N-methyl/N-ethyl adjacent to an activating group) is 1. The van der Waals surface area contributed by atoms with Crippen LogP contribution in [0.3, 0.4) is 0 Å². The van der Waals surface area contributed by atoms with Gasteiger partial charge in [-0.25, -0.2) is 4.98 Å². The monoisotopic (exact) mass is 486 g/mol. The van der Waals surface area contributed by atoms with Crippen LogP contribution in [0, 0.1) is 12.3 Å². The molecule has 36 heavy (non-hydrogen) atoms. The van der Waals surface area contributed by atoms with Crippen LogP contribution in [0.5, 0.6) is 29.1 Å². The van der Waals surface area contributed by atoms with Gasteiger partial charge in [-0.1, -0.05) is 12.1 Å². The van der Waals surface area contributed by atoms with Gasteiger partial charge in [0.1, 0.15) is 23.2 Å². The summed E-state index contributed by atoms with van der Waals surface area (Å²) >= 11 is 0. The molecule has 0 saturated carbocycles. The van der Waals surface area contributed by atoms with E-state index in [4.69, 9.17) is 25.4 Å². The van der Waals surface area contributed by atoms with Crippen LogP contribution in [0.15, 0.2) is 47.5 Å². The first-order valence-corrected chi connectivity index (χ1v) is 11.5. The molecule has 1 aliphatic heterocycles. The number of imidazole rings is 1. The molecule has 0 amide bonds. The van der Waals surface area contributed by atoms with Crippen LogP contribution in [0.2, 0.25) is 0 Å². The van der Waals surface area contributed by atoms with E-state index in [1.54, 1.807) is 18.2 Å². The lowest BCUT2D eigenvalue weighted by Crippen LogP contribution is -2.23. The van der Waals surface area contributed by atoms with Gasteiger partial charge < -0.3 is 29.8 Å². The molecule has 4 N–H and O–H groups in total. The van der Waals surface area contributed by atoms with E-state index in [-0.39, 0.29) is 17.7 Å². The molecular formula is C25H26N8O3. The number of rotatable bonds is 8. The number of aromatic nitrogens is 4. The summed E-state index contributed by atoms with van der Waals surface area (Å²) in [4.78, 5) is 23.2. The normalized spacial score (nSPS) is 13.1. The topological polar surface area (TPSA) is 148 Å². The molecule has 0 saturated heterocycles. The fourth-order valence-corrected chi connectivity index (χ4v) is 3.87. The Hall–Kier alpha value is -4.67. The lowest BCUT2D eigenvalue weighted by atomic mass is 10.2. The quantitative estimate of drug-likeness (QED) is 0.253. The van der Waals surface area contributed by atoms with E-state index in [9.17, 15) is 0 Å². The van der Waals surface area contributed by atoms with E-state index in [2.05, 4.69) is 29.8 Å². The van der Waals surface area contributed by atoms with Crippen molar-refractivity contribution in [1.82, 2.24) is 24.8 Å². The van der Waals surface area contributed by atoms with E-state index in [0.29, 0.717) is 46.4 Å². The van der Waals surface area contributed by atoms with Gasteiger partial charge in [0, 0.05) is 24.7 Å². The number of nitrogens with two attached hydrogens (primary N) is 1. The maximum absolute atomic E-state index is 7.78. The molecule has 184 valence electrons. The Labute approximate surface area is 207 Å². The molecule has 0 aliphatic carbocycles. The molecule has 11 nitrogen and oxygen atoms in total. The Bertz CT molecular complexity index is 1480. The predicted molar refractivity (Wildman–Crippen MR) is 136 cm³/mol. The predicted octanol–water partition coefficient (Wildman–Crippen LogP) is 3.62. The van der Waals surface area contributed by atoms with Gasteiger partial charge in [0.2, 0.25) is 0 Å². The minimum absolute atomic E-state index is 0.0840. The van der Waals surface area contributed by atoms with Gasteiger partial charge in [-0.15, -0.1) is 0 Å². The zero-order valence-corrected chi connectivity index (χ0v) is 20.2. The highest BCUT2D eigenvalue weighted by molar-refractivity contribution is 6.00. The smallest absolute Gasteiger partial charge is 0.327 e. The lowest BCUT2D eigenvalue weighted by molar-refractivity contribution is 0.319. The third-order valence-electron chi connectivity index (χ3n) is 5.53. The second-order valence-corrected chi connectivity index (χ2v) is 8.20. The van der Waals surface area contributed by atoms with Gasteiger partial charge >= 0.3 is 6.01 Å². The summed E-state index contributed by atoms with van der Waals surface area (Å²) in [7, 11) is 2.01. The highest BCUT2D eigenvalue weighted by atomic mass is 16.5. The Morgan fingerprint density at radius 1 is 1.11 bits per heavy atom. The molecule has 3 heterocycles. The van der Waals surface area contributed by atoms with Crippen molar-refractivity contribution in [3.63, 3.8) is 0 Å². The molecule has 0 atom stereocenters. The minimum atomic E-state index is -0.0900. The van der Waals surface area contributed by atoms with Gasteiger partial charge in [0.05, 0.1) is 13.2 Å². The van der Waals surface area contributed by atoms with Crippen LogP contribution < -0.4 is 19.9 Å². The maximum atomic E-state index is 7.78. The molecular weight excluding hydrogens is 460 g/mol. The van der Waals surface area contributed by atoms with Crippen molar-refractivity contribution in [1.29, 1.82) is 5.41 Å². The third kappa shape index (κ3) is 4.63. The number of amidine groups is 2. The number of nitrogens with one attached hydrogen (secondary N) is 2. The Kier molecular flexibility index (Phi) is 6.11. The highest BCUT2D eigenvalue weighted by Gasteiger charge is 2.19. The number of fused-ring (bicyclic) bond motifs is 1. The molecule has 0 unspecified atom stereocenters. The van der Waals surface area contributed by atoms with Crippen molar-refractivity contribution in [2.24, 2.45) is 10.7 Å². The molecule has 2 aromatic carbocycles. The van der Waals surface area contributed by atoms with Crippen molar-refractivity contribution in [2.45, 2.75) is 13.8 Å². The van der Waals surface area contributed by atoms with Gasteiger partial charge in [0.15, 0.2) is 22.7 Å². The van der Waals surface area contributed by atoms with E-state index < -0.39 is 0 Å². The van der Waals surface area contributed by atoms with Crippen LogP contribution in [0.25, 0.3) is 11.2 Å². The average molecular weight is 487 g/mol. The Morgan fingerprint density at radius 3 is 2.72 bits per heavy atom. The van der Waals surface area contributed by atoms with Crippen molar-refractivity contribution in [3.05, 3.63) is 59.4 Å². The van der Waals surface area contributed by atoms with Crippen LogP contribution in [-0.2, 0) is 0 Å². The minimum Gasteiger partial charge on any atom is -0.490 e. The van der Waals surface area contributed by atoms with Crippen molar-refractivity contribution in [2.75, 3.05) is 26.7 Å². The standard InChI is InChI=1S/C25H26N8O3/c1-4-34-18-9-8-15(21(26)27)13-19(18)36-24-20-22(30-14(2)29-20)31-25(32-24)35-17-7-5-6-16(12-17)23-28-10-11-33(23)3/h5-9,12-13H,4,10-11H2,1-3H3,(H3,26,27)(H,29,30,31,32). The van der Waals surface area contributed by atoms with Gasteiger partial charge in [0.25, 0.3) is 5.88 Å². The molecule has 4 aromatic rings. The summed E-state index contributed by atoms with van der Waals surface area (Å²) < 4.78 is 17.9. The fraction of sp³-hybridized carbons (Fsp3) is 0.240. The number of benzene rings is 2. The summed E-state index contributed by atoms with van der Waals surface area (Å²) in [5, 5.41) is 7.78. The first-order valence-electron chi connectivity index (χ1n) is 11.5.